The maximum atomic E-state index is 5.88. The summed E-state index contributed by atoms with van der Waals surface area (Å²) in [6.07, 6.45) is 3.74. The Hall–Kier alpha value is -0.650. The van der Waals surface area contributed by atoms with Gasteiger partial charge in [0.2, 0.25) is 0 Å². The Balaban J connectivity index is 2.07. The van der Waals surface area contributed by atoms with Gasteiger partial charge in [0.05, 0.1) is 6.10 Å². The number of hydrogen-bond donors (Lipinski definition) is 1. The molecule has 0 amide bonds. The molecule has 1 aromatic rings. The minimum Gasteiger partial charge on any atom is -0.389 e. The molecule has 1 atom stereocenters. The lowest BCUT2D eigenvalue weighted by atomic mass is 10.1. The van der Waals surface area contributed by atoms with Crippen molar-refractivity contribution in [3.05, 3.63) is 28.2 Å². The van der Waals surface area contributed by atoms with Gasteiger partial charge in [0.25, 0.3) is 0 Å². The number of piperidine rings is 1. The maximum Gasteiger partial charge on any atom is 0.105 e. The Morgan fingerprint density at radius 3 is 3.00 bits per heavy atom. The fourth-order valence-corrected chi connectivity index (χ4v) is 3.38. The Kier molecular flexibility index (Phi) is 5.81. The lowest BCUT2D eigenvalue weighted by Gasteiger charge is -2.34. The molecule has 0 spiro atoms. The van der Waals surface area contributed by atoms with Crippen molar-refractivity contribution in [2.24, 2.45) is 5.73 Å². The third-order valence-electron chi connectivity index (χ3n) is 3.52. The van der Waals surface area contributed by atoms with Crippen LogP contribution in [0, 0.1) is 0 Å². The van der Waals surface area contributed by atoms with E-state index in [2.05, 4.69) is 39.9 Å². The highest BCUT2D eigenvalue weighted by Crippen LogP contribution is 2.27. The predicted octanol–water partition coefficient (Wildman–Crippen LogP) is 3.48. The summed E-state index contributed by atoms with van der Waals surface area (Å²) < 4.78 is 6.84. The van der Waals surface area contributed by atoms with Crippen molar-refractivity contribution < 1.29 is 4.74 Å². The third kappa shape index (κ3) is 3.93. The second-order valence-corrected chi connectivity index (χ2v) is 6.40. The smallest absolute Gasteiger partial charge is 0.105 e. The van der Waals surface area contributed by atoms with Crippen molar-refractivity contribution in [2.45, 2.75) is 32.3 Å². The van der Waals surface area contributed by atoms with E-state index in [0.29, 0.717) is 11.1 Å². The number of anilines is 1. The van der Waals surface area contributed by atoms with Crippen molar-refractivity contribution in [1.82, 2.24) is 0 Å². The van der Waals surface area contributed by atoms with Crippen LogP contribution >= 0.6 is 28.1 Å². The van der Waals surface area contributed by atoms with Gasteiger partial charge in [0.15, 0.2) is 0 Å². The molecule has 1 heterocycles. The van der Waals surface area contributed by atoms with Crippen LogP contribution in [0.3, 0.4) is 0 Å². The first kappa shape index (κ1) is 15.7. The average Bonchev–Trinajstić information content (AvgIpc) is 2.45. The molecule has 5 heteroatoms. The lowest BCUT2D eigenvalue weighted by Crippen LogP contribution is -2.39. The van der Waals surface area contributed by atoms with E-state index >= 15 is 0 Å². The van der Waals surface area contributed by atoms with E-state index in [1.807, 2.05) is 6.07 Å². The largest absolute Gasteiger partial charge is 0.389 e. The van der Waals surface area contributed by atoms with Gasteiger partial charge in [-0.1, -0.05) is 19.1 Å². The van der Waals surface area contributed by atoms with E-state index in [4.69, 9.17) is 22.7 Å². The normalized spacial score (nSPS) is 19.1. The van der Waals surface area contributed by atoms with Gasteiger partial charge in [-0.15, -0.1) is 0 Å². The number of hydrogen-bond acceptors (Lipinski definition) is 3. The van der Waals surface area contributed by atoms with Gasteiger partial charge < -0.3 is 15.4 Å². The quantitative estimate of drug-likeness (QED) is 0.819. The predicted molar refractivity (Wildman–Crippen MR) is 91.5 cm³/mol. The highest BCUT2D eigenvalue weighted by atomic mass is 79.9. The maximum absolute atomic E-state index is 5.88. The first-order valence-electron chi connectivity index (χ1n) is 7.07. The molecule has 0 aliphatic carbocycles. The van der Waals surface area contributed by atoms with Gasteiger partial charge in [-0.05, 0) is 53.4 Å². The summed E-state index contributed by atoms with van der Waals surface area (Å²) in [4.78, 5) is 2.80. The zero-order chi connectivity index (χ0) is 14.5. The van der Waals surface area contributed by atoms with Crippen LogP contribution in [0.5, 0.6) is 0 Å². The molecular weight excluding hydrogens is 336 g/mol. The highest BCUT2D eigenvalue weighted by molar-refractivity contribution is 9.10. The van der Waals surface area contributed by atoms with Crippen LogP contribution in [0.25, 0.3) is 0 Å². The number of rotatable bonds is 5. The topological polar surface area (TPSA) is 38.5 Å². The molecule has 1 unspecified atom stereocenters. The van der Waals surface area contributed by atoms with Crippen molar-refractivity contribution in [3.8, 4) is 0 Å². The summed E-state index contributed by atoms with van der Waals surface area (Å²) in [7, 11) is 0. The van der Waals surface area contributed by atoms with E-state index in [1.54, 1.807) is 0 Å². The summed E-state index contributed by atoms with van der Waals surface area (Å²) >= 11 is 8.58. The number of halogens is 1. The SMILES string of the molecule is CCCOC1CCCN(c2ccc(C(N)=S)c(Br)c2)C1. The summed E-state index contributed by atoms with van der Waals surface area (Å²) in [6, 6.07) is 6.16. The molecule has 0 radical (unpaired) electrons. The fourth-order valence-electron chi connectivity index (χ4n) is 2.49. The van der Waals surface area contributed by atoms with Gasteiger partial charge >= 0.3 is 0 Å². The molecule has 20 heavy (non-hydrogen) atoms. The molecule has 1 aliphatic rings. The third-order valence-corrected chi connectivity index (χ3v) is 4.40. The summed E-state index contributed by atoms with van der Waals surface area (Å²) in [6.45, 7) is 5.03. The van der Waals surface area contributed by atoms with Crippen molar-refractivity contribution in [2.75, 3.05) is 24.6 Å². The van der Waals surface area contributed by atoms with Crippen LogP contribution in [0.2, 0.25) is 0 Å². The second-order valence-electron chi connectivity index (χ2n) is 5.11. The van der Waals surface area contributed by atoms with Crippen LogP contribution in [-0.4, -0.2) is 30.8 Å². The standard InChI is InChI=1S/C15H21BrN2OS/c1-2-8-19-12-4-3-7-18(10-12)11-5-6-13(15(17)20)14(16)9-11/h5-6,9,12H,2-4,7-8,10H2,1H3,(H2,17,20). The van der Waals surface area contributed by atoms with Crippen LogP contribution in [0.4, 0.5) is 5.69 Å². The minimum atomic E-state index is 0.345. The van der Waals surface area contributed by atoms with Crippen molar-refractivity contribution >= 4 is 38.8 Å². The highest BCUT2D eigenvalue weighted by Gasteiger charge is 2.21. The van der Waals surface area contributed by atoms with Gasteiger partial charge in [0.1, 0.15) is 4.99 Å². The van der Waals surface area contributed by atoms with Crippen LogP contribution in [0.15, 0.2) is 22.7 Å². The van der Waals surface area contributed by atoms with Gasteiger partial charge in [-0.2, -0.15) is 0 Å². The first-order valence-corrected chi connectivity index (χ1v) is 8.28. The Bertz CT molecular complexity index is 481. The number of benzene rings is 1. The van der Waals surface area contributed by atoms with Crippen LogP contribution in [-0.2, 0) is 4.74 Å². The van der Waals surface area contributed by atoms with Crippen molar-refractivity contribution in [3.63, 3.8) is 0 Å². The number of thiocarbonyl (C=S) groups is 1. The molecule has 2 N–H and O–H groups in total. The number of nitrogens with two attached hydrogens (primary N) is 1. The molecule has 2 rings (SSSR count). The second kappa shape index (κ2) is 7.38. The Morgan fingerprint density at radius 1 is 1.55 bits per heavy atom. The Labute approximate surface area is 134 Å². The fraction of sp³-hybridized carbons (Fsp3) is 0.533. The summed E-state index contributed by atoms with van der Waals surface area (Å²) in [5, 5.41) is 0. The van der Waals surface area contributed by atoms with Crippen molar-refractivity contribution in [1.29, 1.82) is 0 Å². The number of nitrogens with zero attached hydrogens (tertiary/aromatic N) is 1. The first-order chi connectivity index (χ1) is 9.61. The molecule has 1 saturated heterocycles. The molecule has 1 fully saturated rings. The number of ether oxygens (including phenoxy) is 1. The minimum absolute atomic E-state index is 0.345. The van der Waals surface area contributed by atoms with Crippen LogP contribution in [0.1, 0.15) is 31.7 Å². The summed E-state index contributed by atoms with van der Waals surface area (Å²) in [5.41, 5.74) is 7.77. The Morgan fingerprint density at radius 2 is 2.35 bits per heavy atom. The molecule has 0 bridgehead atoms. The van der Waals surface area contributed by atoms with Gasteiger partial charge in [0, 0.05) is 35.4 Å². The van der Waals surface area contributed by atoms with E-state index in [9.17, 15) is 0 Å². The lowest BCUT2D eigenvalue weighted by molar-refractivity contribution is 0.0440. The van der Waals surface area contributed by atoms with E-state index in [1.165, 1.54) is 12.1 Å². The van der Waals surface area contributed by atoms with Gasteiger partial charge in [-0.25, -0.2) is 0 Å². The molecule has 1 aliphatic heterocycles. The zero-order valence-corrected chi connectivity index (χ0v) is 14.2. The van der Waals surface area contributed by atoms with Gasteiger partial charge in [-0.3, -0.25) is 0 Å². The van der Waals surface area contributed by atoms with Crippen LogP contribution < -0.4 is 10.6 Å². The van der Waals surface area contributed by atoms with E-state index < -0.39 is 0 Å². The monoisotopic (exact) mass is 356 g/mol. The molecular formula is C15H21BrN2OS. The molecule has 0 saturated carbocycles. The summed E-state index contributed by atoms with van der Waals surface area (Å²) in [5.74, 6) is 0. The van der Waals surface area contributed by atoms with E-state index in [0.717, 1.165) is 42.6 Å². The molecule has 3 nitrogen and oxygen atoms in total. The average molecular weight is 357 g/mol. The molecule has 0 aromatic heterocycles. The zero-order valence-electron chi connectivity index (χ0n) is 11.8. The molecule has 110 valence electrons. The molecule has 1 aromatic carbocycles. The van der Waals surface area contributed by atoms with E-state index in [-0.39, 0.29) is 0 Å².